The van der Waals surface area contributed by atoms with Gasteiger partial charge >= 0.3 is 0 Å². The number of nitrogens with two attached hydrogens (primary N) is 1. The van der Waals surface area contributed by atoms with Crippen LogP contribution >= 0.6 is 0 Å². The van der Waals surface area contributed by atoms with Crippen LogP contribution in [0, 0.1) is 0 Å². The Labute approximate surface area is 209 Å². The molecule has 36 heavy (non-hydrogen) atoms. The molecule has 1 aliphatic rings. The zero-order valence-corrected chi connectivity index (χ0v) is 20.6. The van der Waals surface area contributed by atoms with Gasteiger partial charge < -0.3 is 21.7 Å². The van der Waals surface area contributed by atoms with Crippen molar-refractivity contribution < 1.29 is 18.0 Å². The highest BCUT2D eigenvalue weighted by Gasteiger charge is 2.20. The van der Waals surface area contributed by atoms with Gasteiger partial charge in [0.2, 0.25) is 0 Å². The van der Waals surface area contributed by atoms with Crippen molar-refractivity contribution in [2.75, 3.05) is 25.1 Å². The first-order chi connectivity index (χ1) is 17.2. The van der Waals surface area contributed by atoms with Crippen LogP contribution in [-0.2, 0) is 16.4 Å². The Bertz CT molecular complexity index is 1370. The molecule has 188 valence electrons. The number of amides is 2. The lowest BCUT2D eigenvalue weighted by Gasteiger charge is -2.23. The minimum Gasteiger partial charge on any atom is -0.382 e. The number of nitrogen functional groups attached to an aromatic ring is 1. The minimum absolute atomic E-state index is 0.00529. The van der Waals surface area contributed by atoms with Crippen LogP contribution in [0.1, 0.15) is 39.3 Å². The molecule has 1 saturated heterocycles. The fourth-order valence-corrected chi connectivity index (χ4v) is 4.52. The van der Waals surface area contributed by atoms with Gasteiger partial charge in [0, 0.05) is 36.5 Å². The summed E-state index contributed by atoms with van der Waals surface area (Å²) in [5.41, 5.74) is 8.17. The summed E-state index contributed by atoms with van der Waals surface area (Å²) in [6.45, 7) is 1.86. The Morgan fingerprint density at radius 1 is 1.14 bits per heavy atom. The smallest absolute Gasteiger partial charge is 0.274 e. The second-order valence-electron chi connectivity index (χ2n) is 8.69. The van der Waals surface area contributed by atoms with Gasteiger partial charge in [-0.25, -0.2) is 18.4 Å². The van der Waals surface area contributed by atoms with E-state index in [0.29, 0.717) is 23.4 Å². The first-order valence-electron chi connectivity index (χ1n) is 11.5. The highest BCUT2D eigenvalue weighted by molar-refractivity contribution is 7.90. The maximum atomic E-state index is 12.8. The first kappa shape index (κ1) is 25.3. The molecule has 2 amide bonds. The van der Waals surface area contributed by atoms with Gasteiger partial charge in [-0.1, -0.05) is 24.3 Å². The molecule has 1 aliphatic heterocycles. The molecule has 3 aromatic rings. The number of benzene rings is 2. The molecular formula is C25H28N6O4S. The summed E-state index contributed by atoms with van der Waals surface area (Å²) in [7, 11) is -3.28. The molecule has 5 N–H and O–H groups in total. The van der Waals surface area contributed by atoms with Crippen LogP contribution in [0.3, 0.4) is 0 Å². The van der Waals surface area contributed by atoms with Gasteiger partial charge in [-0.15, -0.1) is 0 Å². The van der Waals surface area contributed by atoms with Crippen molar-refractivity contribution >= 4 is 27.5 Å². The Hall–Kier alpha value is -3.83. The largest absolute Gasteiger partial charge is 0.382 e. The summed E-state index contributed by atoms with van der Waals surface area (Å²) in [6, 6.07) is 13.2. The van der Waals surface area contributed by atoms with Gasteiger partial charge in [-0.05, 0) is 49.2 Å². The van der Waals surface area contributed by atoms with E-state index in [4.69, 9.17) is 5.73 Å². The second kappa shape index (κ2) is 10.8. The molecule has 1 unspecified atom stereocenters. The molecule has 1 atom stereocenters. The van der Waals surface area contributed by atoms with E-state index >= 15 is 0 Å². The van der Waals surface area contributed by atoms with Crippen molar-refractivity contribution in [1.29, 1.82) is 0 Å². The molecule has 1 aromatic heterocycles. The van der Waals surface area contributed by atoms with Crippen LogP contribution in [0.2, 0.25) is 0 Å². The van der Waals surface area contributed by atoms with Gasteiger partial charge in [0.1, 0.15) is 0 Å². The fourth-order valence-electron chi connectivity index (χ4n) is 3.89. The summed E-state index contributed by atoms with van der Waals surface area (Å²) in [4.78, 5) is 34.3. The average Bonchev–Trinajstić information content (AvgIpc) is 2.88. The number of aromatic nitrogens is 2. The summed E-state index contributed by atoms with van der Waals surface area (Å²) in [6.07, 6.45) is 4.47. The molecule has 2 heterocycles. The Kier molecular flexibility index (Phi) is 7.61. The number of carbonyl (C=O) groups is 2. The Morgan fingerprint density at radius 3 is 2.61 bits per heavy atom. The third-order valence-electron chi connectivity index (χ3n) is 5.87. The zero-order chi connectivity index (χ0) is 25.7. The standard InChI is InChI=1S/C25H28N6O4S/c1-36(34,35)20-9-7-16(8-10-20)13-29-24(32)18-5-2-4-17(12-18)21-15-28-23(26)22(31-21)25(33)30-19-6-3-11-27-14-19/h2,4-5,7-10,12,15,19,27H,3,6,11,13-14H2,1H3,(H2,26,28)(H,29,32)(H,30,33). The second-order valence-corrected chi connectivity index (χ2v) is 10.7. The number of anilines is 1. The SMILES string of the molecule is CS(=O)(=O)c1ccc(CNC(=O)c2cccc(-c3cnc(N)c(C(=O)NC4CCCNC4)n3)c2)cc1. The molecule has 0 bridgehead atoms. The number of sulfone groups is 1. The van der Waals surface area contributed by atoms with E-state index in [-0.39, 0.29) is 40.8 Å². The van der Waals surface area contributed by atoms with E-state index in [0.717, 1.165) is 31.2 Å². The predicted octanol–water partition coefficient (Wildman–Crippen LogP) is 1.54. The van der Waals surface area contributed by atoms with Gasteiger partial charge in [-0.2, -0.15) is 0 Å². The molecule has 0 aliphatic carbocycles. The van der Waals surface area contributed by atoms with Crippen molar-refractivity contribution in [3.8, 4) is 11.3 Å². The van der Waals surface area contributed by atoms with E-state index in [1.54, 1.807) is 36.4 Å². The van der Waals surface area contributed by atoms with E-state index in [9.17, 15) is 18.0 Å². The van der Waals surface area contributed by atoms with Crippen LogP contribution in [0.5, 0.6) is 0 Å². The highest BCUT2D eigenvalue weighted by Crippen LogP contribution is 2.20. The van der Waals surface area contributed by atoms with E-state index in [2.05, 4.69) is 25.9 Å². The van der Waals surface area contributed by atoms with Gasteiger partial charge in [0.15, 0.2) is 21.3 Å². The fraction of sp³-hybridized carbons (Fsp3) is 0.280. The monoisotopic (exact) mass is 508 g/mol. The lowest BCUT2D eigenvalue weighted by Crippen LogP contribution is -2.46. The maximum Gasteiger partial charge on any atom is 0.274 e. The zero-order valence-electron chi connectivity index (χ0n) is 19.8. The number of hydrogen-bond donors (Lipinski definition) is 4. The molecule has 11 heteroatoms. The number of nitrogens with one attached hydrogen (secondary N) is 3. The molecule has 10 nitrogen and oxygen atoms in total. The Morgan fingerprint density at radius 2 is 1.92 bits per heavy atom. The third kappa shape index (κ3) is 6.23. The van der Waals surface area contributed by atoms with Crippen molar-refractivity contribution in [2.24, 2.45) is 0 Å². The van der Waals surface area contributed by atoms with E-state index < -0.39 is 9.84 Å². The van der Waals surface area contributed by atoms with Crippen LogP contribution in [0.15, 0.2) is 59.6 Å². The molecule has 0 spiro atoms. The van der Waals surface area contributed by atoms with E-state index in [1.165, 1.54) is 18.3 Å². The van der Waals surface area contributed by atoms with Crippen molar-refractivity contribution in [3.63, 3.8) is 0 Å². The molecule has 0 saturated carbocycles. The third-order valence-corrected chi connectivity index (χ3v) is 7.00. The maximum absolute atomic E-state index is 12.8. The summed E-state index contributed by atoms with van der Waals surface area (Å²) in [5.74, 6) is -0.655. The lowest BCUT2D eigenvalue weighted by atomic mass is 10.1. The average molecular weight is 509 g/mol. The van der Waals surface area contributed by atoms with Crippen LogP contribution in [-0.4, -0.2) is 55.6 Å². The first-order valence-corrected chi connectivity index (χ1v) is 13.4. The van der Waals surface area contributed by atoms with Crippen molar-refractivity contribution in [1.82, 2.24) is 25.9 Å². The summed E-state index contributed by atoms with van der Waals surface area (Å²) in [5, 5.41) is 9.01. The quantitative estimate of drug-likeness (QED) is 0.374. The number of rotatable bonds is 7. The van der Waals surface area contributed by atoms with Crippen molar-refractivity contribution in [2.45, 2.75) is 30.3 Å². The molecule has 0 radical (unpaired) electrons. The number of carbonyl (C=O) groups excluding carboxylic acids is 2. The van der Waals surface area contributed by atoms with Gasteiger partial charge in [0.25, 0.3) is 11.8 Å². The predicted molar refractivity (Wildman–Crippen MR) is 136 cm³/mol. The molecule has 1 fully saturated rings. The topological polar surface area (TPSA) is 156 Å². The summed E-state index contributed by atoms with van der Waals surface area (Å²) < 4.78 is 23.2. The number of hydrogen-bond acceptors (Lipinski definition) is 8. The van der Waals surface area contributed by atoms with Crippen molar-refractivity contribution in [3.05, 3.63) is 71.5 Å². The van der Waals surface area contributed by atoms with Crippen LogP contribution in [0.25, 0.3) is 11.3 Å². The lowest BCUT2D eigenvalue weighted by molar-refractivity contribution is 0.0923. The van der Waals surface area contributed by atoms with E-state index in [1.807, 2.05) is 0 Å². The van der Waals surface area contributed by atoms with Crippen LogP contribution < -0.4 is 21.7 Å². The number of nitrogens with zero attached hydrogens (tertiary/aromatic N) is 2. The molecule has 4 rings (SSSR count). The van der Waals surface area contributed by atoms with Crippen LogP contribution in [0.4, 0.5) is 5.82 Å². The number of piperidine rings is 1. The van der Waals surface area contributed by atoms with Gasteiger partial charge in [-0.3, -0.25) is 9.59 Å². The molecule has 2 aromatic carbocycles. The summed E-state index contributed by atoms with van der Waals surface area (Å²) >= 11 is 0. The highest BCUT2D eigenvalue weighted by atomic mass is 32.2. The van der Waals surface area contributed by atoms with Gasteiger partial charge in [0.05, 0.1) is 16.8 Å². The Balaban J connectivity index is 1.45. The normalized spacial score (nSPS) is 15.8. The minimum atomic E-state index is -3.28. The molecular weight excluding hydrogens is 480 g/mol.